The molecule has 4 rings (SSSR count). The van der Waals surface area contributed by atoms with Crippen LogP contribution in [-0.2, 0) is 6.54 Å². The smallest absolute Gasteiger partial charge is 0.278 e. The number of hydrogen-bond acceptors (Lipinski definition) is 4. The van der Waals surface area contributed by atoms with Gasteiger partial charge in [0.05, 0.1) is 10.5 Å². The third kappa shape index (κ3) is 3.13. The number of fused-ring (bicyclic) bond motifs is 1. The molecule has 0 atom stereocenters. The van der Waals surface area contributed by atoms with E-state index in [0.29, 0.717) is 17.8 Å². The Labute approximate surface area is 156 Å². The van der Waals surface area contributed by atoms with Gasteiger partial charge in [0, 0.05) is 18.8 Å². The number of pyridine rings is 1. The van der Waals surface area contributed by atoms with E-state index in [1.165, 1.54) is 6.07 Å². The number of aryl methyl sites for hydroxylation is 1. The molecule has 0 aliphatic carbocycles. The summed E-state index contributed by atoms with van der Waals surface area (Å²) in [6, 6.07) is 20.6. The van der Waals surface area contributed by atoms with E-state index >= 15 is 0 Å². The third-order valence-corrected chi connectivity index (χ3v) is 4.50. The first kappa shape index (κ1) is 16.8. The molecule has 0 spiro atoms. The summed E-state index contributed by atoms with van der Waals surface area (Å²) in [6.45, 7) is 2.57. The average molecular weight is 358 g/mol. The maximum Gasteiger partial charge on any atom is 0.278 e. The highest BCUT2D eigenvalue weighted by Gasteiger charge is 2.22. The Morgan fingerprint density at radius 3 is 2.56 bits per heavy atom. The van der Waals surface area contributed by atoms with Crippen LogP contribution in [0.4, 0.5) is 11.5 Å². The van der Waals surface area contributed by atoms with E-state index in [1.807, 2.05) is 60.0 Å². The van der Waals surface area contributed by atoms with Crippen molar-refractivity contribution < 1.29 is 4.92 Å². The predicted octanol–water partition coefficient (Wildman–Crippen LogP) is 4.83. The fraction of sp³-hybridized carbons (Fsp3) is 0.0952. The molecule has 27 heavy (non-hydrogen) atoms. The Bertz CT molecular complexity index is 1120. The van der Waals surface area contributed by atoms with E-state index in [0.717, 1.165) is 22.6 Å². The van der Waals surface area contributed by atoms with E-state index in [-0.39, 0.29) is 10.6 Å². The molecule has 2 heterocycles. The predicted molar refractivity (Wildman–Crippen MR) is 106 cm³/mol. The van der Waals surface area contributed by atoms with E-state index < -0.39 is 0 Å². The number of anilines is 1. The highest BCUT2D eigenvalue weighted by atomic mass is 16.6. The van der Waals surface area contributed by atoms with Gasteiger partial charge in [-0.1, -0.05) is 48.5 Å². The van der Waals surface area contributed by atoms with E-state index in [9.17, 15) is 10.1 Å². The molecule has 134 valence electrons. The van der Waals surface area contributed by atoms with Crippen molar-refractivity contribution >= 4 is 17.2 Å². The Morgan fingerprint density at radius 2 is 1.78 bits per heavy atom. The molecular weight excluding hydrogens is 340 g/mol. The highest BCUT2D eigenvalue weighted by Crippen LogP contribution is 2.35. The molecule has 0 radical (unpaired) electrons. The van der Waals surface area contributed by atoms with Crippen molar-refractivity contribution in [3.8, 4) is 11.3 Å². The van der Waals surface area contributed by atoms with Gasteiger partial charge in [-0.2, -0.15) is 0 Å². The first-order valence-corrected chi connectivity index (χ1v) is 8.64. The lowest BCUT2D eigenvalue weighted by atomic mass is 10.1. The average Bonchev–Trinajstić information content (AvgIpc) is 3.07. The van der Waals surface area contributed by atoms with Gasteiger partial charge in [0.15, 0.2) is 0 Å². The lowest BCUT2D eigenvalue weighted by Crippen LogP contribution is -2.04. The second-order valence-corrected chi connectivity index (χ2v) is 6.31. The van der Waals surface area contributed by atoms with Crippen molar-refractivity contribution in [3.05, 3.63) is 94.2 Å². The number of imidazole rings is 1. The number of benzene rings is 2. The van der Waals surface area contributed by atoms with Crippen molar-refractivity contribution in [2.75, 3.05) is 5.32 Å². The fourth-order valence-electron chi connectivity index (χ4n) is 3.18. The van der Waals surface area contributed by atoms with Crippen LogP contribution in [0.1, 0.15) is 11.1 Å². The minimum absolute atomic E-state index is 0.0429. The van der Waals surface area contributed by atoms with Crippen LogP contribution >= 0.6 is 0 Å². The molecule has 2 aromatic heterocycles. The molecule has 0 unspecified atom stereocenters. The Balaban J connectivity index is 1.87. The highest BCUT2D eigenvalue weighted by molar-refractivity contribution is 5.82. The molecule has 6 nitrogen and oxygen atoms in total. The third-order valence-electron chi connectivity index (χ3n) is 4.50. The summed E-state index contributed by atoms with van der Waals surface area (Å²) in [5, 5.41) is 14.9. The first-order valence-electron chi connectivity index (χ1n) is 8.64. The summed E-state index contributed by atoms with van der Waals surface area (Å²) >= 11 is 0. The van der Waals surface area contributed by atoms with Gasteiger partial charge in [-0.25, -0.2) is 4.98 Å². The molecule has 0 aliphatic heterocycles. The standard InChI is InChI=1S/C21H18N4O2/c1-15-8-7-13-24-20(15)23-19(17-11-5-6-12-18(17)25(26)27)21(24)22-14-16-9-3-2-4-10-16/h2-13,22H,14H2,1H3. The van der Waals surface area contributed by atoms with Crippen LogP contribution in [0.5, 0.6) is 0 Å². The molecule has 6 heteroatoms. The first-order chi connectivity index (χ1) is 13.1. The minimum atomic E-state index is -0.368. The zero-order valence-corrected chi connectivity index (χ0v) is 14.8. The van der Waals surface area contributed by atoms with Crippen molar-refractivity contribution in [2.24, 2.45) is 0 Å². The second kappa shape index (κ2) is 6.92. The van der Waals surface area contributed by atoms with E-state index in [2.05, 4.69) is 5.32 Å². The molecule has 0 aliphatic rings. The molecular formula is C21H18N4O2. The number of nitrogens with zero attached hydrogens (tertiary/aromatic N) is 3. The van der Waals surface area contributed by atoms with Gasteiger partial charge in [-0.3, -0.25) is 14.5 Å². The lowest BCUT2D eigenvalue weighted by Gasteiger charge is -2.09. The largest absolute Gasteiger partial charge is 0.365 e. The minimum Gasteiger partial charge on any atom is -0.365 e. The van der Waals surface area contributed by atoms with Crippen LogP contribution in [0, 0.1) is 17.0 Å². The Kier molecular flexibility index (Phi) is 4.30. The maximum absolute atomic E-state index is 11.5. The van der Waals surface area contributed by atoms with Gasteiger partial charge in [0.2, 0.25) is 0 Å². The number of para-hydroxylation sites is 1. The number of nitro benzene ring substituents is 1. The quantitative estimate of drug-likeness (QED) is 0.410. The number of hydrogen-bond donors (Lipinski definition) is 1. The zero-order chi connectivity index (χ0) is 18.8. The van der Waals surface area contributed by atoms with Gasteiger partial charge in [0.25, 0.3) is 5.69 Å². The molecule has 0 saturated carbocycles. The molecule has 4 aromatic rings. The van der Waals surface area contributed by atoms with Gasteiger partial charge in [-0.15, -0.1) is 0 Å². The summed E-state index contributed by atoms with van der Waals surface area (Å²) < 4.78 is 1.95. The molecule has 0 saturated heterocycles. The molecule has 0 fully saturated rings. The molecule has 2 aromatic carbocycles. The number of nitrogens with one attached hydrogen (secondary N) is 1. The summed E-state index contributed by atoms with van der Waals surface area (Å²) in [5.74, 6) is 0.742. The summed E-state index contributed by atoms with van der Waals surface area (Å²) in [4.78, 5) is 15.9. The van der Waals surface area contributed by atoms with Crippen molar-refractivity contribution in [1.82, 2.24) is 9.38 Å². The van der Waals surface area contributed by atoms with Crippen LogP contribution < -0.4 is 5.32 Å². The maximum atomic E-state index is 11.5. The monoisotopic (exact) mass is 358 g/mol. The number of aromatic nitrogens is 2. The van der Waals surface area contributed by atoms with E-state index in [4.69, 9.17) is 4.98 Å². The lowest BCUT2D eigenvalue weighted by molar-refractivity contribution is -0.384. The van der Waals surface area contributed by atoms with Gasteiger partial charge in [0.1, 0.15) is 17.2 Å². The topological polar surface area (TPSA) is 72.5 Å². The van der Waals surface area contributed by atoms with Crippen LogP contribution in [0.3, 0.4) is 0 Å². The Morgan fingerprint density at radius 1 is 1.04 bits per heavy atom. The second-order valence-electron chi connectivity index (χ2n) is 6.31. The van der Waals surface area contributed by atoms with Gasteiger partial charge < -0.3 is 5.32 Å². The number of rotatable bonds is 5. The molecule has 0 bridgehead atoms. The van der Waals surface area contributed by atoms with E-state index in [1.54, 1.807) is 18.2 Å². The van der Waals surface area contributed by atoms with Crippen LogP contribution in [-0.4, -0.2) is 14.3 Å². The van der Waals surface area contributed by atoms with Gasteiger partial charge >= 0.3 is 0 Å². The van der Waals surface area contributed by atoms with Crippen LogP contribution in [0.2, 0.25) is 0 Å². The SMILES string of the molecule is Cc1cccn2c(NCc3ccccc3)c(-c3ccccc3[N+](=O)[O-])nc12. The van der Waals surface area contributed by atoms with Crippen LogP contribution in [0.25, 0.3) is 16.9 Å². The van der Waals surface area contributed by atoms with Crippen molar-refractivity contribution in [3.63, 3.8) is 0 Å². The molecule has 1 N–H and O–H groups in total. The molecule has 0 amide bonds. The normalized spacial score (nSPS) is 10.9. The fourth-order valence-corrected chi connectivity index (χ4v) is 3.18. The summed E-state index contributed by atoms with van der Waals surface area (Å²) in [6.07, 6.45) is 1.92. The summed E-state index contributed by atoms with van der Waals surface area (Å²) in [5.41, 5.74) is 4.02. The van der Waals surface area contributed by atoms with Crippen LogP contribution in [0.15, 0.2) is 72.9 Å². The number of nitro groups is 1. The van der Waals surface area contributed by atoms with Crippen molar-refractivity contribution in [2.45, 2.75) is 13.5 Å². The zero-order valence-electron chi connectivity index (χ0n) is 14.8. The van der Waals surface area contributed by atoms with Crippen molar-refractivity contribution in [1.29, 1.82) is 0 Å². The Hall–Kier alpha value is -3.67. The van der Waals surface area contributed by atoms with Gasteiger partial charge in [-0.05, 0) is 30.2 Å². The summed E-state index contributed by atoms with van der Waals surface area (Å²) in [7, 11) is 0.